The van der Waals surface area contributed by atoms with E-state index in [2.05, 4.69) is 0 Å². The highest BCUT2D eigenvalue weighted by atomic mass is 16.6. The van der Waals surface area contributed by atoms with E-state index in [0.717, 1.165) is 11.3 Å². The van der Waals surface area contributed by atoms with Gasteiger partial charge in [0.2, 0.25) is 0 Å². The second kappa shape index (κ2) is 11.3. The largest absolute Gasteiger partial charge is 0.491 e. The number of benzene rings is 1. The fourth-order valence-electron chi connectivity index (χ4n) is 1.67. The van der Waals surface area contributed by atoms with Crippen molar-refractivity contribution in [2.75, 3.05) is 46.8 Å². The van der Waals surface area contributed by atoms with Crippen molar-refractivity contribution in [1.29, 1.82) is 0 Å². The van der Waals surface area contributed by atoms with Crippen molar-refractivity contribution in [2.24, 2.45) is 0 Å². The highest BCUT2D eigenvalue weighted by Gasteiger charge is 1.99. The van der Waals surface area contributed by atoms with Crippen LogP contribution in [0.2, 0.25) is 0 Å². The lowest BCUT2D eigenvalue weighted by Gasteiger charge is -2.08. The molecule has 0 aliphatic carbocycles. The predicted molar refractivity (Wildman–Crippen MR) is 79.8 cm³/mol. The van der Waals surface area contributed by atoms with Gasteiger partial charge in [0.25, 0.3) is 0 Å². The Morgan fingerprint density at radius 2 is 1.48 bits per heavy atom. The molecule has 0 saturated heterocycles. The number of carbonyl (C=O) groups excluding carboxylic acids is 1. The molecular weight excluding hydrogens is 272 g/mol. The molecule has 0 saturated carbocycles. The minimum absolute atomic E-state index is 0.157. The number of hydrogen-bond acceptors (Lipinski definition) is 5. The Bertz CT molecular complexity index is 388. The summed E-state index contributed by atoms with van der Waals surface area (Å²) in [5.74, 6) is 0.937. The van der Waals surface area contributed by atoms with E-state index >= 15 is 0 Å². The van der Waals surface area contributed by atoms with Crippen molar-refractivity contribution < 1.29 is 23.7 Å². The Balaban J connectivity index is 2.03. The third-order valence-electron chi connectivity index (χ3n) is 2.68. The van der Waals surface area contributed by atoms with E-state index < -0.39 is 0 Å². The smallest absolute Gasteiger partial charge is 0.134 e. The van der Waals surface area contributed by atoms with Crippen molar-refractivity contribution in [2.45, 2.75) is 13.3 Å². The molecule has 0 amide bonds. The van der Waals surface area contributed by atoms with E-state index in [1.807, 2.05) is 24.3 Å². The van der Waals surface area contributed by atoms with Gasteiger partial charge in [-0.1, -0.05) is 12.1 Å². The summed E-state index contributed by atoms with van der Waals surface area (Å²) in [7, 11) is 1.64. The molecule has 1 rings (SSSR count). The Kier molecular flexibility index (Phi) is 9.44. The quantitative estimate of drug-likeness (QED) is 0.551. The molecule has 0 unspecified atom stereocenters. The zero-order valence-electron chi connectivity index (χ0n) is 12.8. The van der Waals surface area contributed by atoms with Gasteiger partial charge in [-0.3, -0.25) is 4.79 Å². The van der Waals surface area contributed by atoms with Crippen LogP contribution in [0.15, 0.2) is 24.3 Å². The van der Waals surface area contributed by atoms with Crippen molar-refractivity contribution >= 4 is 5.78 Å². The van der Waals surface area contributed by atoms with Crippen LogP contribution in [0.4, 0.5) is 0 Å². The topological polar surface area (TPSA) is 54.0 Å². The number of hydrogen-bond donors (Lipinski definition) is 0. The normalized spacial score (nSPS) is 10.6. The summed E-state index contributed by atoms with van der Waals surface area (Å²) in [6, 6.07) is 7.54. The van der Waals surface area contributed by atoms with Crippen molar-refractivity contribution in [1.82, 2.24) is 0 Å². The Labute approximate surface area is 126 Å². The third-order valence-corrected chi connectivity index (χ3v) is 2.68. The molecule has 5 nitrogen and oxygen atoms in total. The van der Waals surface area contributed by atoms with E-state index in [1.54, 1.807) is 14.0 Å². The summed E-state index contributed by atoms with van der Waals surface area (Å²) >= 11 is 0. The van der Waals surface area contributed by atoms with Gasteiger partial charge >= 0.3 is 0 Å². The molecule has 0 N–H and O–H groups in total. The van der Waals surface area contributed by atoms with E-state index in [-0.39, 0.29) is 5.78 Å². The molecule has 0 radical (unpaired) electrons. The number of methoxy groups -OCH3 is 1. The molecule has 0 spiro atoms. The minimum Gasteiger partial charge on any atom is -0.491 e. The summed E-state index contributed by atoms with van der Waals surface area (Å²) in [4.78, 5) is 11.0. The lowest BCUT2D eigenvalue weighted by Crippen LogP contribution is -2.12. The fraction of sp³-hybridized carbons (Fsp3) is 0.562. The maximum absolute atomic E-state index is 11.0. The van der Waals surface area contributed by atoms with Gasteiger partial charge in [0.1, 0.15) is 18.1 Å². The third kappa shape index (κ3) is 9.18. The van der Waals surface area contributed by atoms with E-state index in [0.29, 0.717) is 46.1 Å². The van der Waals surface area contributed by atoms with Crippen LogP contribution in [-0.4, -0.2) is 52.5 Å². The molecule has 0 atom stereocenters. The van der Waals surface area contributed by atoms with Crippen LogP contribution in [0.3, 0.4) is 0 Å². The van der Waals surface area contributed by atoms with Gasteiger partial charge in [-0.25, -0.2) is 0 Å². The first-order chi connectivity index (χ1) is 10.2. The van der Waals surface area contributed by atoms with Gasteiger partial charge in [0.15, 0.2) is 0 Å². The lowest BCUT2D eigenvalue weighted by molar-refractivity contribution is -0.116. The maximum Gasteiger partial charge on any atom is 0.134 e. The summed E-state index contributed by atoms with van der Waals surface area (Å²) in [6.07, 6.45) is 0.465. The highest BCUT2D eigenvalue weighted by Crippen LogP contribution is 2.12. The number of Topliss-reactive ketones (excluding diaryl/α,β-unsaturated/α-hetero) is 1. The van der Waals surface area contributed by atoms with Crippen molar-refractivity contribution in [3.05, 3.63) is 29.8 Å². The Morgan fingerprint density at radius 3 is 2.05 bits per heavy atom. The van der Waals surface area contributed by atoms with Gasteiger partial charge in [-0.15, -0.1) is 0 Å². The fourth-order valence-corrected chi connectivity index (χ4v) is 1.67. The summed E-state index contributed by atoms with van der Waals surface area (Å²) in [5, 5.41) is 0. The summed E-state index contributed by atoms with van der Waals surface area (Å²) in [6.45, 7) is 4.88. The van der Waals surface area contributed by atoms with E-state index in [9.17, 15) is 4.79 Å². The maximum atomic E-state index is 11.0. The zero-order chi connectivity index (χ0) is 15.3. The zero-order valence-corrected chi connectivity index (χ0v) is 12.8. The molecular formula is C16H24O5. The SMILES string of the molecule is COCCOCCOCCOc1ccc(CC(C)=O)cc1. The van der Waals surface area contributed by atoms with Gasteiger partial charge in [0.05, 0.1) is 33.0 Å². The Morgan fingerprint density at radius 1 is 0.905 bits per heavy atom. The van der Waals surface area contributed by atoms with Crippen LogP contribution in [0.1, 0.15) is 12.5 Å². The van der Waals surface area contributed by atoms with Crippen LogP contribution in [-0.2, 0) is 25.4 Å². The van der Waals surface area contributed by atoms with Gasteiger partial charge in [-0.2, -0.15) is 0 Å². The van der Waals surface area contributed by atoms with Gasteiger partial charge in [0, 0.05) is 13.5 Å². The number of ether oxygens (including phenoxy) is 4. The molecule has 0 bridgehead atoms. The van der Waals surface area contributed by atoms with Gasteiger partial charge < -0.3 is 18.9 Å². The minimum atomic E-state index is 0.157. The van der Waals surface area contributed by atoms with E-state index in [4.69, 9.17) is 18.9 Å². The molecule has 0 aliphatic heterocycles. The molecule has 0 aromatic heterocycles. The van der Waals surface area contributed by atoms with Crippen LogP contribution in [0.25, 0.3) is 0 Å². The predicted octanol–water partition coefficient (Wildman–Crippen LogP) is 1.88. The monoisotopic (exact) mass is 296 g/mol. The number of ketones is 1. The van der Waals surface area contributed by atoms with E-state index in [1.165, 1.54) is 0 Å². The van der Waals surface area contributed by atoms with Gasteiger partial charge in [-0.05, 0) is 24.6 Å². The second-order valence-electron chi connectivity index (χ2n) is 4.59. The average molecular weight is 296 g/mol. The van der Waals surface area contributed by atoms with Crippen LogP contribution >= 0.6 is 0 Å². The van der Waals surface area contributed by atoms with Crippen LogP contribution in [0, 0.1) is 0 Å². The Hall–Kier alpha value is -1.43. The average Bonchev–Trinajstić information content (AvgIpc) is 2.47. The first kappa shape index (κ1) is 17.6. The van der Waals surface area contributed by atoms with Crippen molar-refractivity contribution in [3.8, 4) is 5.75 Å². The first-order valence-electron chi connectivity index (χ1n) is 7.08. The van der Waals surface area contributed by atoms with Crippen LogP contribution in [0.5, 0.6) is 5.75 Å². The molecule has 0 fully saturated rings. The number of carbonyl (C=O) groups is 1. The summed E-state index contributed by atoms with van der Waals surface area (Å²) in [5.41, 5.74) is 0.999. The molecule has 21 heavy (non-hydrogen) atoms. The molecule has 1 aromatic rings. The molecule has 5 heteroatoms. The standard InChI is InChI=1S/C16H24O5/c1-14(17)13-15-3-5-16(6-4-15)21-12-11-20-10-9-19-8-7-18-2/h3-6H,7-13H2,1-2H3. The van der Waals surface area contributed by atoms with Crippen molar-refractivity contribution in [3.63, 3.8) is 0 Å². The molecule has 1 aromatic carbocycles. The second-order valence-corrected chi connectivity index (χ2v) is 4.59. The first-order valence-corrected chi connectivity index (χ1v) is 7.08. The molecule has 118 valence electrons. The molecule has 0 aliphatic rings. The number of rotatable bonds is 12. The molecule has 0 heterocycles. The summed E-state index contributed by atoms with van der Waals surface area (Å²) < 4.78 is 21.0. The lowest BCUT2D eigenvalue weighted by atomic mass is 10.1. The highest BCUT2D eigenvalue weighted by molar-refractivity contribution is 5.78. The van der Waals surface area contributed by atoms with Crippen LogP contribution < -0.4 is 4.74 Å².